The van der Waals surface area contributed by atoms with E-state index >= 15 is 0 Å². The molecule has 2 aromatic heterocycles. The number of aromatic nitrogens is 2. The Morgan fingerprint density at radius 2 is 1.92 bits per heavy atom. The van der Waals surface area contributed by atoms with Crippen LogP contribution in [0.5, 0.6) is 0 Å². The number of nitrogens with one attached hydrogen (secondary N) is 2. The van der Waals surface area contributed by atoms with Crippen LogP contribution in [-0.2, 0) is 0 Å². The molecule has 3 heterocycles. The Bertz CT molecular complexity index is 904. The first-order valence-corrected chi connectivity index (χ1v) is 9.72. The monoisotopic (exact) mass is 413 g/mol. The maximum Gasteiger partial charge on any atom is 0.123 e. The van der Waals surface area contributed by atoms with Crippen molar-refractivity contribution in [3.05, 3.63) is 64.8 Å². The summed E-state index contributed by atoms with van der Waals surface area (Å²) in [7, 11) is 0. The number of H-pyrrole nitrogens is 1. The summed E-state index contributed by atoms with van der Waals surface area (Å²) in [5.74, 6) is 0.843. The van der Waals surface area contributed by atoms with Gasteiger partial charge in [-0.15, -0.1) is 0 Å². The average Bonchev–Trinajstić information content (AvgIpc) is 3.08. The minimum absolute atomic E-state index is 0.222. The lowest BCUT2D eigenvalue weighted by Crippen LogP contribution is -2.33. The molecule has 2 N–H and O–H groups in total. The second kappa shape index (κ2) is 7.33. The highest BCUT2D eigenvalue weighted by atomic mass is 79.9. The van der Waals surface area contributed by atoms with Crippen molar-refractivity contribution in [3.63, 3.8) is 0 Å². The molecule has 3 aromatic rings. The smallest absolute Gasteiger partial charge is 0.123 e. The molecule has 134 valence electrons. The molecule has 0 radical (unpaired) electrons. The fourth-order valence-corrected chi connectivity index (χ4v) is 4.16. The summed E-state index contributed by atoms with van der Waals surface area (Å²) in [6, 6.07) is 13.0. The molecule has 0 amide bonds. The Hall–Kier alpha value is -1.98. The first-order chi connectivity index (χ1) is 12.6. The second-order valence-electron chi connectivity index (χ2n) is 6.96. The number of halogens is 2. The molecule has 5 heteroatoms. The number of aromatic amines is 1. The number of hydrogen-bond donors (Lipinski definition) is 2. The average molecular weight is 414 g/mol. The van der Waals surface area contributed by atoms with Gasteiger partial charge < -0.3 is 10.3 Å². The molecule has 1 fully saturated rings. The Morgan fingerprint density at radius 1 is 1.12 bits per heavy atom. The normalized spacial score (nSPS) is 20.3. The molecule has 1 aromatic carbocycles. The fraction of sp³-hybridized carbons (Fsp3) is 0.286. The van der Waals surface area contributed by atoms with E-state index in [-0.39, 0.29) is 5.82 Å². The zero-order valence-corrected chi connectivity index (χ0v) is 16.2. The van der Waals surface area contributed by atoms with Crippen LogP contribution in [0.2, 0.25) is 0 Å². The lowest BCUT2D eigenvalue weighted by molar-refractivity contribution is 0.345. The predicted molar refractivity (Wildman–Crippen MR) is 107 cm³/mol. The van der Waals surface area contributed by atoms with Crippen LogP contribution in [0.15, 0.2) is 53.3 Å². The van der Waals surface area contributed by atoms with E-state index in [4.69, 9.17) is 0 Å². The number of rotatable bonds is 3. The van der Waals surface area contributed by atoms with Crippen molar-refractivity contribution < 1.29 is 4.39 Å². The van der Waals surface area contributed by atoms with Crippen LogP contribution >= 0.6 is 15.9 Å². The van der Waals surface area contributed by atoms with Gasteiger partial charge in [0, 0.05) is 23.4 Å². The molecule has 0 aliphatic carbocycles. The van der Waals surface area contributed by atoms with Gasteiger partial charge >= 0.3 is 0 Å². The van der Waals surface area contributed by atoms with E-state index in [0.717, 1.165) is 46.5 Å². The van der Waals surface area contributed by atoms with Gasteiger partial charge in [-0.1, -0.05) is 6.92 Å². The van der Waals surface area contributed by atoms with Gasteiger partial charge in [-0.3, -0.25) is 0 Å². The summed E-state index contributed by atoms with van der Waals surface area (Å²) >= 11 is 3.46. The number of benzene rings is 1. The number of piperidine rings is 1. The van der Waals surface area contributed by atoms with Crippen molar-refractivity contribution in [3.8, 4) is 22.4 Å². The Kier molecular flexibility index (Phi) is 4.92. The molecule has 2 atom stereocenters. The van der Waals surface area contributed by atoms with Crippen molar-refractivity contribution in [1.82, 2.24) is 15.3 Å². The van der Waals surface area contributed by atoms with Crippen LogP contribution < -0.4 is 5.32 Å². The van der Waals surface area contributed by atoms with Gasteiger partial charge in [-0.25, -0.2) is 9.37 Å². The van der Waals surface area contributed by atoms with Gasteiger partial charge in [0.25, 0.3) is 0 Å². The molecule has 0 spiro atoms. The van der Waals surface area contributed by atoms with E-state index in [2.05, 4.69) is 44.2 Å². The molecule has 0 unspecified atom stereocenters. The van der Waals surface area contributed by atoms with E-state index in [1.165, 1.54) is 17.8 Å². The van der Waals surface area contributed by atoms with E-state index in [9.17, 15) is 4.39 Å². The Labute approximate surface area is 161 Å². The molecule has 3 nitrogen and oxygen atoms in total. The summed E-state index contributed by atoms with van der Waals surface area (Å²) in [5, 5.41) is 3.46. The van der Waals surface area contributed by atoms with Crippen LogP contribution in [0.3, 0.4) is 0 Å². The van der Waals surface area contributed by atoms with Gasteiger partial charge in [-0.2, -0.15) is 0 Å². The first-order valence-electron chi connectivity index (χ1n) is 8.93. The lowest BCUT2D eigenvalue weighted by Gasteiger charge is -2.28. The Morgan fingerprint density at radius 3 is 2.65 bits per heavy atom. The molecule has 4 rings (SSSR count). The SMILES string of the molecule is C[C@H]1CNCC[C@@H]1c1cc(-c2ccnc(Br)c2)c(-c2ccc(F)cc2)[nH]1. The number of pyridine rings is 1. The molecular formula is C21H21BrFN3. The van der Waals surface area contributed by atoms with E-state index < -0.39 is 0 Å². The van der Waals surface area contributed by atoms with E-state index in [1.807, 2.05) is 24.3 Å². The van der Waals surface area contributed by atoms with Gasteiger partial charge in [0.05, 0.1) is 5.69 Å². The predicted octanol–water partition coefficient (Wildman–Crippen LogP) is 5.36. The third kappa shape index (κ3) is 3.46. The van der Waals surface area contributed by atoms with Crippen molar-refractivity contribution in [2.45, 2.75) is 19.3 Å². The molecular weight excluding hydrogens is 393 g/mol. The van der Waals surface area contributed by atoms with Gasteiger partial charge in [0.15, 0.2) is 0 Å². The summed E-state index contributed by atoms with van der Waals surface area (Å²) in [6.07, 6.45) is 2.91. The molecule has 1 saturated heterocycles. The van der Waals surface area contributed by atoms with Crippen molar-refractivity contribution in [1.29, 1.82) is 0 Å². The zero-order valence-electron chi connectivity index (χ0n) is 14.6. The zero-order chi connectivity index (χ0) is 18.1. The highest BCUT2D eigenvalue weighted by molar-refractivity contribution is 9.10. The minimum atomic E-state index is -0.222. The quantitative estimate of drug-likeness (QED) is 0.567. The van der Waals surface area contributed by atoms with Gasteiger partial charge in [-0.05, 0) is 94.9 Å². The Balaban J connectivity index is 1.83. The molecule has 0 bridgehead atoms. The number of nitrogens with zero attached hydrogens (tertiary/aromatic N) is 1. The molecule has 26 heavy (non-hydrogen) atoms. The highest BCUT2D eigenvalue weighted by Crippen LogP contribution is 2.38. The van der Waals surface area contributed by atoms with E-state index in [1.54, 1.807) is 6.20 Å². The van der Waals surface area contributed by atoms with Gasteiger partial charge in [0.2, 0.25) is 0 Å². The van der Waals surface area contributed by atoms with Crippen LogP contribution in [-0.4, -0.2) is 23.1 Å². The number of hydrogen-bond acceptors (Lipinski definition) is 2. The van der Waals surface area contributed by atoms with Crippen LogP contribution in [0.1, 0.15) is 25.0 Å². The summed E-state index contributed by atoms with van der Waals surface area (Å²) in [6.45, 7) is 4.36. The van der Waals surface area contributed by atoms with Crippen molar-refractivity contribution in [2.24, 2.45) is 5.92 Å². The van der Waals surface area contributed by atoms with Crippen LogP contribution in [0, 0.1) is 11.7 Å². The lowest BCUT2D eigenvalue weighted by atomic mass is 9.85. The fourth-order valence-electron chi connectivity index (χ4n) is 3.79. The standard InChI is InChI=1S/C21H21BrFN3/c1-13-12-24-8-7-17(13)19-11-18(15-6-9-25-20(22)10-15)21(26-19)14-2-4-16(23)5-3-14/h2-6,9-11,13,17,24,26H,7-8,12H2,1H3/t13-,17-/m0/s1. The summed E-state index contributed by atoms with van der Waals surface area (Å²) in [4.78, 5) is 7.89. The topological polar surface area (TPSA) is 40.7 Å². The van der Waals surface area contributed by atoms with Crippen LogP contribution in [0.4, 0.5) is 4.39 Å². The van der Waals surface area contributed by atoms with Gasteiger partial charge in [0.1, 0.15) is 10.4 Å². The minimum Gasteiger partial charge on any atom is -0.358 e. The second-order valence-corrected chi connectivity index (χ2v) is 7.78. The third-order valence-corrected chi connectivity index (χ3v) is 5.63. The van der Waals surface area contributed by atoms with E-state index in [0.29, 0.717) is 11.8 Å². The highest BCUT2D eigenvalue weighted by Gasteiger charge is 2.25. The summed E-state index contributed by atoms with van der Waals surface area (Å²) < 4.78 is 14.2. The maximum absolute atomic E-state index is 13.4. The maximum atomic E-state index is 13.4. The van der Waals surface area contributed by atoms with Crippen molar-refractivity contribution >= 4 is 15.9 Å². The molecule has 0 saturated carbocycles. The summed E-state index contributed by atoms with van der Waals surface area (Å²) in [5.41, 5.74) is 5.49. The molecule has 1 aliphatic heterocycles. The first kappa shape index (κ1) is 17.4. The molecule has 1 aliphatic rings. The van der Waals surface area contributed by atoms with Crippen LogP contribution in [0.25, 0.3) is 22.4 Å². The largest absolute Gasteiger partial charge is 0.358 e. The third-order valence-electron chi connectivity index (χ3n) is 5.19. The van der Waals surface area contributed by atoms with Crippen molar-refractivity contribution in [2.75, 3.05) is 13.1 Å².